The number of hydrogen-bond acceptors (Lipinski definition) is 7. The number of rotatable bonds is 6. The molecule has 2 heterocycles. The fraction of sp³-hybridized carbons (Fsp3) is 0.500. The van der Waals surface area contributed by atoms with E-state index in [1.54, 1.807) is 11.3 Å². The third-order valence-electron chi connectivity index (χ3n) is 2.68. The molecule has 0 saturated carbocycles. The average molecular weight is 331 g/mol. The van der Waals surface area contributed by atoms with Crippen molar-refractivity contribution in [1.29, 1.82) is 0 Å². The number of hydrogen-bond donors (Lipinski definition) is 0. The molecule has 0 bridgehead atoms. The highest BCUT2D eigenvalue weighted by Gasteiger charge is 2.11. The quantitative estimate of drug-likeness (QED) is 0.811. The average Bonchev–Trinajstić information content (AvgIpc) is 2.87. The first-order valence-electron chi connectivity index (χ1n) is 6.02. The minimum Gasteiger partial charge on any atom is -0.295 e. The van der Waals surface area contributed by atoms with E-state index in [-0.39, 0.29) is 5.75 Å². The van der Waals surface area contributed by atoms with Crippen molar-refractivity contribution in [2.45, 2.75) is 25.8 Å². The van der Waals surface area contributed by atoms with Crippen molar-refractivity contribution in [2.24, 2.45) is 0 Å². The summed E-state index contributed by atoms with van der Waals surface area (Å²) in [4.78, 5) is 12.0. The number of thiazole rings is 2. The normalized spacial score (nSPS) is 12.2. The summed E-state index contributed by atoms with van der Waals surface area (Å²) in [5, 5.41) is 2.58. The van der Waals surface area contributed by atoms with Gasteiger partial charge in [0.1, 0.15) is 10.8 Å². The molecule has 5 nitrogen and oxygen atoms in total. The van der Waals surface area contributed by atoms with E-state index in [9.17, 15) is 8.42 Å². The highest BCUT2D eigenvalue weighted by Crippen LogP contribution is 2.17. The van der Waals surface area contributed by atoms with Crippen LogP contribution < -0.4 is 0 Å². The third-order valence-corrected chi connectivity index (χ3v) is 5.47. The molecule has 0 aliphatic heterocycles. The summed E-state index contributed by atoms with van der Waals surface area (Å²) in [5.41, 5.74) is 3.84. The first-order chi connectivity index (χ1) is 9.33. The van der Waals surface area contributed by atoms with Gasteiger partial charge in [-0.2, -0.15) is 0 Å². The third kappa shape index (κ3) is 4.62. The molecule has 110 valence electrons. The second-order valence-corrected chi connectivity index (χ2v) is 8.86. The zero-order valence-electron chi connectivity index (χ0n) is 11.7. The van der Waals surface area contributed by atoms with E-state index in [2.05, 4.69) is 14.9 Å². The van der Waals surface area contributed by atoms with Crippen LogP contribution in [0.15, 0.2) is 10.9 Å². The Labute approximate surface area is 127 Å². The van der Waals surface area contributed by atoms with Crippen LogP contribution in [0.3, 0.4) is 0 Å². The molecule has 2 aromatic rings. The monoisotopic (exact) mass is 331 g/mol. The van der Waals surface area contributed by atoms with E-state index in [0.29, 0.717) is 11.6 Å². The highest BCUT2D eigenvalue weighted by atomic mass is 32.2. The Morgan fingerprint density at radius 1 is 1.30 bits per heavy atom. The van der Waals surface area contributed by atoms with Crippen LogP contribution in [0, 0.1) is 6.92 Å². The van der Waals surface area contributed by atoms with Gasteiger partial charge in [-0.3, -0.25) is 4.90 Å². The number of nitrogens with zero attached hydrogens (tertiary/aromatic N) is 3. The Morgan fingerprint density at radius 2 is 2.05 bits per heavy atom. The fourth-order valence-corrected chi connectivity index (χ4v) is 4.62. The van der Waals surface area contributed by atoms with Crippen molar-refractivity contribution >= 4 is 32.5 Å². The van der Waals surface area contributed by atoms with Crippen molar-refractivity contribution in [3.8, 4) is 0 Å². The van der Waals surface area contributed by atoms with Gasteiger partial charge in [0.2, 0.25) is 0 Å². The van der Waals surface area contributed by atoms with Gasteiger partial charge < -0.3 is 0 Å². The minimum absolute atomic E-state index is 0.0231. The Hall–Kier alpha value is -0.830. The first-order valence-corrected chi connectivity index (χ1v) is 9.84. The van der Waals surface area contributed by atoms with Crippen molar-refractivity contribution in [3.05, 3.63) is 32.2 Å². The Kier molecular flexibility index (Phi) is 4.90. The second-order valence-electron chi connectivity index (χ2n) is 4.84. The van der Waals surface area contributed by atoms with Crippen LogP contribution in [0.4, 0.5) is 0 Å². The molecule has 0 unspecified atom stereocenters. The van der Waals surface area contributed by atoms with Gasteiger partial charge in [0.25, 0.3) is 0 Å². The zero-order valence-corrected chi connectivity index (χ0v) is 14.1. The van der Waals surface area contributed by atoms with Gasteiger partial charge in [0, 0.05) is 29.6 Å². The molecular weight excluding hydrogens is 314 g/mol. The molecule has 0 atom stereocenters. The van der Waals surface area contributed by atoms with Crippen molar-refractivity contribution in [1.82, 2.24) is 14.9 Å². The highest BCUT2D eigenvalue weighted by molar-refractivity contribution is 7.90. The van der Waals surface area contributed by atoms with Crippen LogP contribution in [-0.2, 0) is 28.7 Å². The molecule has 0 aliphatic rings. The molecule has 0 fully saturated rings. The Morgan fingerprint density at radius 3 is 2.65 bits per heavy atom. The molecule has 20 heavy (non-hydrogen) atoms. The van der Waals surface area contributed by atoms with Crippen LogP contribution in [0.1, 0.15) is 21.3 Å². The van der Waals surface area contributed by atoms with E-state index >= 15 is 0 Å². The summed E-state index contributed by atoms with van der Waals surface area (Å²) in [6.45, 7) is 3.54. The van der Waals surface area contributed by atoms with E-state index in [4.69, 9.17) is 0 Å². The lowest BCUT2D eigenvalue weighted by Crippen LogP contribution is -2.17. The molecule has 2 rings (SSSR count). The molecule has 0 aliphatic carbocycles. The van der Waals surface area contributed by atoms with E-state index < -0.39 is 9.84 Å². The Bertz CT molecular complexity index is 676. The summed E-state index contributed by atoms with van der Waals surface area (Å²) < 4.78 is 22.5. The minimum atomic E-state index is -3.01. The number of aryl methyl sites for hydroxylation is 1. The van der Waals surface area contributed by atoms with Crippen molar-refractivity contribution < 1.29 is 8.42 Å². The van der Waals surface area contributed by atoms with Gasteiger partial charge in [-0.1, -0.05) is 0 Å². The molecule has 8 heteroatoms. The van der Waals surface area contributed by atoms with E-state index in [0.717, 1.165) is 17.9 Å². The standard InChI is InChI=1S/C12H17N3O2S3/c1-9-11(19-8-13-9)5-15(2)4-10-6-18-12(14-10)7-20(3,16)17/h6,8H,4-5,7H2,1-3H3. The van der Waals surface area contributed by atoms with E-state index in [1.807, 2.05) is 24.9 Å². The maximum Gasteiger partial charge on any atom is 0.153 e. The number of aromatic nitrogens is 2. The predicted octanol–water partition coefficient (Wildman–Crippen LogP) is 2.08. The molecule has 0 spiro atoms. The maximum atomic E-state index is 11.2. The van der Waals surface area contributed by atoms with Gasteiger partial charge in [-0.15, -0.1) is 22.7 Å². The van der Waals surface area contributed by atoms with Crippen LogP contribution in [0.25, 0.3) is 0 Å². The summed E-state index contributed by atoms with van der Waals surface area (Å²) >= 11 is 3.05. The fourth-order valence-electron chi connectivity index (χ4n) is 1.77. The van der Waals surface area contributed by atoms with Gasteiger partial charge in [0.05, 0.1) is 16.9 Å². The van der Waals surface area contributed by atoms with Gasteiger partial charge >= 0.3 is 0 Å². The Balaban J connectivity index is 1.95. The van der Waals surface area contributed by atoms with Gasteiger partial charge in [0.15, 0.2) is 9.84 Å². The zero-order chi connectivity index (χ0) is 14.8. The molecule has 0 saturated heterocycles. The number of sulfone groups is 1. The van der Waals surface area contributed by atoms with Crippen LogP contribution in [0.2, 0.25) is 0 Å². The summed E-state index contributed by atoms with van der Waals surface area (Å²) in [6, 6.07) is 0. The van der Waals surface area contributed by atoms with Crippen molar-refractivity contribution in [2.75, 3.05) is 13.3 Å². The molecule has 2 aromatic heterocycles. The lowest BCUT2D eigenvalue weighted by Gasteiger charge is -2.14. The van der Waals surface area contributed by atoms with Crippen molar-refractivity contribution in [3.63, 3.8) is 0 Å². The molecule has 0 N–H and O–H groups in total. The molecule has 0 amide bonds. The topological polar surface area (TPSA) is 63.2 Å². The van der Waals surface area contributed by atoms with Crippen LogP contribution in [0.5, 0.6) is 0 Å². The SMILES string of the molecule is Cc1ncsc1CN(C)Cc1csc(CS(C)(=O)=O)n1. The summed E-state index contributed by atoms with van der Waals surface area (Å²) in [5.74, 6) is 0.0231. The van der Waals surface area contributed by atoms with E-state index in [1.165, 1.54) is 22.5 Å². The molecule has 0 radical (unpaired) electrons. The smallest absolute Gasteiger partial charge is 0.153 e. The first kappa shape index (κ1) is 15.6. The van der Waals surface area contributed by atoms with Crippen LogP contribution >= 0.6 is 22.7 Å². The van der Waals surface area contributed by atoms with Gasteiger partial charge in [-0.05, 0) is 14.0 Å². The summed E-state index contributed by atoms with van der Waals surface area (Å²) in [7, 11) is -0.989. The largest absolute Gasteiger partial charge is 0.295 e. The maximum absolute atomic E-state index is 11.2. The molecule has 0 aromatic carbocycles. The predicted molar refractivity (Wildman–Crippen MR) is 82.7 cm³/mol. The summed E-state index contributed by atoms with van der Waals surface area (Å²) in [6.07, 6.45) is 1.23. The molecular formula is C12H17N3O2S3. The van der Waals surface area contributed by atoms with Crippen LogP contribution in [-0.4, -0.2) is 36.6 Å². The lowest BCUT2D eigenvalue weighted by molar-refractivity contribution is 0.317. The second kappa shape index (κ2) is 6.30. The lowest BCUT2D eigenvalue weighted by atomic mass is 10.3. The van der Waals surface area contributed by atoms with Gasteiger partial charge in [-0.25, -0.2) is 18.4 Å².